The second kappa shape index (κ2) is 6.88. The Morgan fingerprint density at radius 3 is 2.32 bits per heavy atom. The maximum Gasteiger partial charge on any atom is 0.290 e. The molecule has 0 bridgehead atoms. The van der Waals surface area contributed by atoms with Crippen LogP contribution in [0, 0.1) is 5.82 Å². The first kappa shape index (κ1) is 17.8. The van der Waals surface area contributed by atoms with Crippen LogP contribution in [0.1, 0.15) is 35.3 Å². The number of halogens is 1. The number of rotatable bonds is 3. The number of aromatic nitrogens is 2. The van der Waals surface area contributed by atoms with E-state index in [1.165, 1.54) is 12.1 Å². The summed E-state index contributed by atoms with van der Waals surface area (Å²) in [6.07, 6.45) is 2.09. The number of carbonyl (C=O) groups is 2. The number of fused-ring (bicyclic) bond motifs is 1. The van der Waals surface area contributed by atoms with Gasteiger partial charge in [-0.15, -0.1) is 0 Å². The van der Waals surface area contributed by atoms with Crippen LogP contribution in [-0.4, -0.2) is 22.0 Å². The van der Waals surface area contributed by atoms with Crippen LogP contribution in [0.5, 0.6) is 0 Å². The van der Waals surface area contributed by atoms with Crippen LogP contribution in [0.2, 0.25) is 0 Å². The number of hydrazine groups is 1. The number of amides is 2. The number of hydrogen-bond donors (Lipinski definition) is 3. The van der Waals surface area contributed by atoms with Gasteiger partial charge in [-0.25, -0.2) is 9.49 Å². The van der Waals surface area contributed by atoms with Crippen molar-refractivity contribution in [3.63, 3.8) is 0 Å². The van der Waals surface area contributed by atoms with E-state index < -0.39 is 16.9 Å². The first-order chi connectivity index (χ1) is 13.5. The highest BCUT2D eigenvalue weighted by atomic mass is 19.1. The highest BCUT2D eigenvalue weighted by Gasteiger charge is 2.45. The van der Waals surface area contributed by atoms with Gasteiger partial charge in [-0.1, -0.05) is 36.8 Å². The zero-order valence-corrected chi connectivity index (χ0v) is 14.8. The van der Waals surface area contributed by atoms with Gasteiger partial charge in [0.25, 0.3) is 11.5 Å². The molecule has 0 aliphatic heterocycles. The second-order valence-corrected chi connectivity index (χ2v) is 6.80. The molecule has 0 saturated heterocycles. The van der Waals surface area contributed by atoms with Crippen molar-refractivity contribution in [1.82, 2.24) is 21.0 Å². The third kappa shape index (κ3) is 2.92. The summed E-state index contributed by atoms with van der Waals surface area (Å²) in [7, 11) is 0. The average molecular weight is 380 g/mol. The Kier molecular flexibility index (Phi) is 4.38. The number of carbonyl (C=O) groups excluding carboxylic acids is 2. The molecule has 0 unspecified atom stereocenters. The van der Waals surface area contributed by atoms with Crippen molar-refractivity contribution in [2.75, 3.05) is 0 Å². The van der Waals surface area contributed by atoms with Gasteiger partial charge in [0.1, 0.15) is 5.82 Å². The lowest BCUT2D eigenvalue weighted by molar-refractivity contribution is -0.130. The molecule has 1 aliphatic carbocycles. The number of nitrogens with one attached hydrogen (secondary N) is 3. The van der Waals surface area contributed by atoms with Crippen molar-refractivity contribution in [2.45, 2.75) is 24.7 Å². The predicted molar refractivity (Wildman–Crippen MR) is 99.9 cm³/mol. The van der Waals surface area contributed by atoms with Gasteiger partial charge in [0.15, 0.2) is 5.69 Å². The Hall–Kier alpha value is -3.55. The van der Waals surface area contributed by atoms with Crippen LogP contribution < -0.4 is 16.4 Å². The summed E-state index contributed by atoms with van der Waals surface area (Å²) in [5.74, 6) is -1.38. The molecule has 3 N–H and O–H groups in total. The maximum atomic E-state index is 13.2. The third-order valence-electron chi connectivity index (χ3n) is 5.24. The van der Waals surface area contributed by atoms with Crippen molar-refractivity contribution in [3.05, 3.63) is 76.0 Å². The lowest BCUT2D eigenvalue weighted by Gasteiger charge is -2.40. The van der Waals surface area contributed by atoms with E-state index in [1.54, 1.807) is 36.4 Å². The minimum atomic E-state index is -0.790. The highest BCUT2D eigenvalue weighted by Crippen LogP contribution is 2.43. The van der Waals surface area contributed by atoms with Crippen LogP contribution in [0.25, 0.3) is 10.8 Å². The van der Waals surface area contributed by atoms with Gasteiger partial charge < -0.3 is 0 Å². The average Bonchev–Trinajstić information content (AvgIpc) is 2.67. The van der Waals surface area contributed by atoms with Crippen molar-refractivity contribution in [2.24, 2.45) is 0 Å². The molecule has 28 heavy (non-hydrogen) atoms. The molecule has 1 aromatic heterocycles. The SMILES string of the molecule is O=C(NNC(=O)C1(c2ccc(F)cc2)CCC1)c1n[nH]c(=O)c2ccccc12. The van der Waals surface area contributed by atoms with Crippen molar-refractivity contribution < 1.29 is 14.0 Å². The monoisotopic (exact) mass is 380 g/mol. The van der Waals surface area contributed by atoms with E-state index in [1.807, 2.05) is 0 Å². The Bertz CT molecular complexity index is 1120. The summed E-state index contributed by atoms with van der Waals surface area (Å²) in [6, 6.07) is 12.4. The Morgan fingerprint density at radius 1 is 1.00 bits per heavy atom. The van der Waals surface area contributed by atoms with E-state index in [9.17, 15) is 18.8 Å². The first-order valence-electron chi connectivity index (χ1n) is 8.85. The summed E-state index contributed by atoms with van der Waals surface area (Å²) < 4.78 is 13.2. The third-order valence-corrected chi connectivity index (χ3v) is 5.24. The Morgan fingerprint density at radius 2 is 1.68 bits per heavy atom. The van der Waals surface area contributed by atoms with E-state index >= 15 is 0 Å². The molecule has 1 aliphatic rings. The van der Waals surface area contributed by atoms with Crippen molar-refractivity contribution in [3.8, 4) is 0 Å². The summed E-state index contributed by atoms with van der Waals surface area (Å²) in [6.45, 7) is 0. The van der Waals surface area contributed by atoms with E-state index in [0.29, 0.717) is 29.2 Å². The molecule has 0 radical (unpaired) electrons. The molecule has 7 nitrogen and oxygen atoms in total. The summed E-state index contributed by atoms with van der Waals surface area (Å²) in [5, 5.41) is 6.80. The molecule has 1 saturated carbocycles. The molecule has 1 fully saturated rings. The molecule has 3 aromatic rings. The van der Waals surface area contributed by atoms with Gasteiger partial charge in [-0.05, 0) is 36.6 Å². The van der Waals surface area contributed by atoms with Crippen LogP contribution in [0.3, 0.4) is 0 Å². The lowest BCUT2D eigenvalue weighted by Crippen LogP contribution is -2.54. The van der Waals surface area contributed by atoms with E-state index in [-0.39, 0.29) is 17.4 Å². The number of H-pyrrole nitrogens is 1. The van der Waals surface area contributed by atoms with Gasteiger partial charge in [0.05, 0.1) is 10.8 Å². The molecule has 1 heterocycles. The minimum Gasteiger partial charge on any atom is -0.272 e. The minimum absolute atomic E-state index is 0.0000541. The molecule has 0 atom stereocenters. The highest BCUT2D eigenvalue weighted by molar-refractivity contribution is 6.05. The number of nitrogens with zero attached hydrogens (tertiary/aromatic N) is 1. The van der Waals surface area contributed by atoms with Crippen LogP contribution in [0.15, 0.2) is 53.3 Å². The van der Waals surface area contributed by atoms with E-state index in [4.69, 9.17) is 0 Å². The summed E-state index contributed by atoms with van der Waals surface area (Å²) >= 11 is 0. The van der Waals surface area contributed by atoms with Crippen LogP contribution >= 0.6 is 0 Å². The van der Waals surface area contributed by atoms with Crippen LogP contribution in [0.4, 0.5) is 4.39 Å². The largest absolute Gasteiger partial charge is 0.290 e. The fraction of sp³-hybridized carbons (Fsp3) is 0.200. The smallest absolute Gasteiger partial charge is 0.272 e. The number of benzene rings is 2. The van der Waals surface area contributed by atoms with E-state index in [0.717, 1.165) is 6.42 Å². The van der Waals surface area contributed by atoms with E-state index in [2.05, 4.69) is 21.0 Å². The van der Waals surface area contributed by atoms with Gasteiger partial charge in [0.2, 0.25) is 5.91 Å². The zero-order valence-electron chi connectivity index (χ0n) is 14.8. The fourth-order valence-electron chi connectivity index (χ4n) is 3.53. The molecule has 4 rings (SSSR count). The number of hydrogen-bond acceptors (Lipinski definition) is 4. The lowest BCUT2D eigenvalue weighted by atomic mass is 9.64. The summed E-state index contributed by atoms with van der Waals surface area (Å²) in [5.41, 5.74) is 4.34. The maximum absolute atomic E-state index is 13.2. The van der Waals surface area contributed by atoms with Gasteiger partial charge in [-0.3, -0.25) is 25.2 Å². The normalized spacial score (nSPS) is 14.9. The molecule has 142 valence electrons. The van der Waals surface area contributed by atoms with Crippen LogP contribution in [-0.2, 0) is 10.2 Å². The standard InChI is InChI=1S/C20H17FN4O3/c21-13-8-6-12(7-9-13)20(10-3-11-20)19(28)25-24-18(27)16-14-4-1-2-5-15(14)17(26)23-22-16/h1-2,4-9H,3,10-11H2,(H,23,26)(H,24,27)(H,25,28). The molecular weight excluding hydrogens is 363 g/mol. The fourth-order valence-corrected chi connectivity index (χ4v) is 3.53. The summed E-state index contributed by atoms with van der Waals surface area (Å²) in [4.78, 5) is 37.1. The first-order valence-corrected chi connectivity index (χ1v) is 8.85. The van der Waals surface area contributed by atoms with Gasteiger partial charge in [-0.2, -0.15) is 5.10 Å². The molecule has 0 spiro atoms. The van der Waals surface area contributed by atoms with Crippen molar-refractivity contribution >= 4 is 22.6 Å². The Balaban J connectivity index is 1.54. The van der Waals surface area contributed by atoms with Gasteiger partial charge in [0, 0.05) is 5.39 Å². The van der Waals surface area contributed by atoms with Crippen molar-refractivity contribution in [1.29, 1.82) is 0 Å². The predicted octanol–water partition coefficient (Wildman–Crippen LogP) is 1.95. The molecule has 8 heteroatoms. The topological polar surface area (TPSA) is 104 Å². The zero-order chi connectivity index (χ0) is 19.7. The molecule has 2 amide bonds. The van der Waals surface area contributed by atoms with Gasteiger partial charge >= 0.3 is 0 Å². The quantitative estimate of drug-likeness (QED) is 0.604. The molecular formula is C20H17FN4O3. The molecule has 2 aromatic carbocycles. The number of aromatic amines is 1. The second-order valence-electron chi connectivity index (χ2n) is 6.80. The Labute approximate surface area is 158 Å².